The molecule has 3 heterocycles. The number of thioether (sulfide) groups is 1. The molecule has 0 spiro atoms. The van der Waals surface area contributed by atoms with E-state index in [0.29, 0.717) is 5.57 Å². The van der Waals surface area contributed by atoms with Gasteiger partial charge < -0.3 is 25.7 Å². The van der Waals surface area contributed by atoms with Crippen LogP contribution in [0.25, 0.3) is 0 Å². The lowest BCUT2D eigenvalue weighted by molar-refractivity contribution is -0.150. The Balaban J connectivity index is 1.78. The zero-order chi connectivity index (χ0) is 22.7. The fraction of sp³-hybridized carbons (Fsp3) is 0.438. The highest BCUT2D eigenvalue weighted by Crippen LogP contribution is 2.40. The van der Waals surface area contributed by atoms with Gasteiger partial charge in [-0.25, -0.2) is 4.79 Å². The number of amides is 2. The molecule has 0 aliphatic carbocycles. The van der Waals surface area contributed by atoms with Gasteiger partial charge in [0.15, 0.2) is 5.13 Å². The number of carboxylic acids is 1. The SMILES string of the molecule is CCO/N=C(\C(=O)N[C@@H]1C(=O)N2C(C(=O)O)=C(COC(C)=O)CS[C@@H]12)c1nsc(N)n1. The molecule has 2 aliphatic rings. The van der Waals surface area contributed by atoms with Crippen LogP contribution in [0, 0.1) is 0 Å². The normalized spacial score (nSPS) is 20.6. The molecule has 1 aromatic rings. The van der Waals surface area contributed by atoms with Crippen molar-refractivity contribution in [2.45, 2.75) is 25.3 Å². The molecule has 0 saturated carbocycles. The highest BCUT2D eigenvalue weighted by molar-refractivity contribution is 8.00. The second kappa shape index (κ2) is 9.30. The van der Waals surface area contributed by atoms with E-state index < -0.39 is 35.2 Å². The number of nitrogen functional groups attached to an aromatic ring is 1. The fourth-order valence-corrected chi connectivity index (χ4v) is 4.60. The molecule has 15 heteroatoms. The van der Waals surface area contributed by atoms with Crippen molar-refractivity contribution >= 4 is 57.9 Å². The number of β-lactam (4-membered cyclic amide) rings is 1. The number of oxime groups is 1. The Bertz CT molecular complexity index is 991. The minimum absolute atomic E-state index is 0.0526. The topological polar surface area (TPSA) is 186 Å². The first-order valence-corrected chi connectivity index (χ1v) is 10.7. The highest BCUT2D eigenvalue weighted by atomic mass is 32.2. The van der Waals surface area contributed by atoms with Crippen molar-refractivity contribution in [3.63, 3.8) is 0 Å². The molecule has 0 unspecified atom stereocenters. The van der Waals surface area contributed by atoms with Crippen molar-refractivity contribution in [2.75, 3.05) is 24.7 Å². The second-order valence-corrected chi connectivity index (χ2v) is 8.10. The first kappa shape index (κ1) is 22.5. The number of ether oxygens (including phenoxy) is 1. The summed E-state index contributed by atoms with van der Waals surface area (Å²) in [7, 11) is 0. The van der Waals surface area contributed by atoms with Gasteiger partial charge in [-0.05, 0) is 6.92 Å². The molecule has 0 aromatic carbocycles. The van der Waals surface area contributed by atoms with E-state index in [2.05, 4.69) is 19.8 Å². The zero-order valence-electron chi connectivity index (χ0n) is 16.4. The van der Waals surface area contributed by atoms with Crippen molar-refractivity contribution < 1.29 is 33.9 Å². The van der Waals surface area contributed by atoms with Gasteiger partial charge in [0, 0.05) is 29.8 Å². The third-order valence-electron chi connectivity index (χ3n) is 4.14. The molecule has 2 aliphatic heterocycles. The van der Waals surface area contributed by atoms with Crippen LogP contribution >= 0.6 is 23.3 Å². The lowest BCUT2D eigenvalue weighted by Crippen LogP contribution is -2.71. The number of aliphatic carboxylic acids is 1. The van der Waals surface area contributed by atoms with E-state index >= 15 is 0 Å². The molecule has 4 N–H and O–H groups in total. The quantitative estimate of drug-likeness (QED) is 0.186. The molecular weight excluding hydrogens is 452 g/mol. The number of aromatic nitrogens is 2. The summed E-state index contributed by atoms with van der Waals surface area (Å²) >= 11 is 2.10. The van der Waals surface area contributed by atoms with E-state index in [9.17, 15) is 24.3 Å². The summed E-state index contributed by atoms with van der Waals surface area (Å²) in [6, 6.07) is -0.995. The van der Waals surface area contributed by atoms with E-state index in [1.54, 1.807) is 6.92 Å². The minimum Gasteiger partial charge on any atom is -0.477 e. The van der Waals surface area contributed by atoms with Crippen LogP contribution in [0.3, 0.4) is 0 Å². The van der Waals surface area contributed by atoms with Gasteiger partial charge in [0.2, 0.25) is 11.5 Å². The summed E-state index contributed by atoms with van der Waals surface area (Å²) in [6.07, 6.45) is 0. The van der Waals surface area contributed by atoms with Gasteiger partial charge in [-0.2, -0.15) is 9.36 Å². The van der Waals surface area contributed by atoms with Crippen LogP contribution in [0.15, 0.2) is 16.4 Å². The lowest BCUT2D eigenvalue weighted by atomic mass is 10.0. The Morgan fingerprint density at radius 2 is 2.16 bits per heavy atom. The van der Waals surface area contributed by atoms with Crippen LogP contribution in [-0.4, -0.2) is 79.2 Å². The molecule has 1 fully saturated rings. The zero-order valence-corrected chi connectivity index (χ0v) is 18.0. The van der Waals surface area contributed by atoms with Gasteiger partial charge in [0.05, 0.1) is 0 Å². The third-order valence-corrected chi connectivity index (χ3v) is 6.02. The van der Waals surface area contributed by atoms with Crippen molar-refractivity contribution in [3.05, 3.63) is 17.1 Å². The summed E-state index contributed by atoms with van der Waals surface area (Å²) in [4.78, 5) is 58.1. The summed E-state index contributed by atoms with van der Waals surface area (Å²) in [5.74, 6) is -3.13. The number of carboxylic acid groups (broad SMARTS) is 1. The van der Waals surface area contributed by atoms with Crippen molar-refractivity contribution in [1.82, 2.24) is 19.6 Å². The van der Waals surface area contributed by atoms with E-state index in [0.717, 1.165) is 16.4 Å². The number of carbonyl (C=O) groups excluding carboxylic acids is 3. The van der Waals surface area contributed by atoms with Crippen molar-refractivity contribution in [2.24, 2.45) is 5.16 Å². The molecule has 0 radical (unpaired) electrons. The van der Waals surface area contributed by atoms with E-state index in [4.69, 9.17) is 15.3 Å². The predicted octanol–water partition coefficient (Wildman–Crippen LogP) is -0.837. The van der Waals surface area contributed by atoms with Gasteiger partial charge in [0.1, 0.15) is 30.3 Å². The first-order chi connectivity index (χ1) is 14.7. The maximum atomic E-state index is 12.7. The Morgan fingerprint density at radius 3 is 2.74 bits per heavy atom. The van der Waals surface area contributed by atoms with Crippen molar-refractivity contribution in [3.8, 4) is 0 Å². The number of nitrogens with two attached hydrogens (primary N) is 1. The smallest absolute Gasteiger partial charge is 0.352 e. The highest BCUT2D eigenvalue weighted by Gasteiger charge is 2.54. The average Bonchev–Trinajstić information content (AvgIpc) is 3.15. The van der Waals surface area contributed by atoms with Gasteiger partial charge in [-0.1, -0.05) is 5.16 Å². The second-order valence-electron chi connectivity index (χ2n) is 6.21. The Hall–Kier alpha value is -3.20. The van der Waals surface area contributed by atoms with Crippen LogP contribution in [0.1, 0.15) is 19.7 Å². The number of nitrogens with zero attached hydrogens (tertiary/aromatic N) is 4. The molecule has 31 heavy (non-hydrogen) atoms. The summed E-state index contributed by atoms with van der Waals surface area (Å²) in [5, 5.41) is 15.3. The third kappa shape index (κ3) is 4.61. The first-order valence-electron chi connectivity index (χ1n) is 8.88. The van der Waals surface area contributed by atoms with Crippen LogP contribution in [0.2, 0.25) is 0 Å². The van der Waals surface area contributed by atoms with Crippen LogP contribution in [-0.2, 0) is 28.8 Å². The van der Waals surface area contributed by atoms with Gasteiger partial charge in [0.25, 0.3) is 11.8 Å². The van der Waals surface area contributed by atoms with E-state index in [-0.39, 0.29) is 41.3 Å². The number of hydrogen-bond donors (Lipinski definition) is 3. The summed E-state index contributed by atoms with van der Waals surface area (Å²) in [6.45, 7) is 2.82. The number of fused-ring (bicyclic) bond motifs is 1. The number of anilines is 1. The molecule has 166 valence electrons. The summed E-state index contributed by atoms with van der Waals surface area (Å²) < 4.78 is 8.81. The summed E-state index contributed by atoms with van der Waals surface area (Å²) in [5.41, 5.74) is 5.34. The molecular formula is C16H18N6O7S2. The number of hydrogen-bond acceptors (Lipinski definition) is 12. The van der Waals surface area contributed by atoms with Gasteiger partial charge >= 0.3 is 11.9 Å². The molecule has 0 bridgehead atoms. The van der Waals surface area contributed by atoms with Crippen molar-refractivity contribution in [1.29, 1.82) is 0 Å². The minimum atomic E-state index is -1.33. The van der Waals surface area contributed by atoms with Crippen LogP contribution < -0.4 is 11.1 Å². The van der Waals surface area contributed by atoms with Gasteiger partial charge in [-0.15, -0.1) is 11.8 Å². The maximum Gasteiger partial charge on any atom is 0.352 e. The van der Waals surface area contributed by atoms with E-state index in [1.807, 2.05) is 0 Å². The molecule has 2 atom stereocenters. The Morgan fingerprint density at radius 1 is 1.42 bits per heavy atom. The number of carbonyl (C=O) groups is 4. The lowest BCUT2D eigenvalue weighted by Gasteiger charge is -2.49. The molecule has 3 rings (SSSR count). The molecule has 1 saturated heterocycles. The largest absolute Gasteiger partial charge is 0.477 e. The number of nitrogens with one attached hydrogen (secondary N) is 1. The standard InChI is InChI=1S/C16H18N6O7S2/c1-3-29-20-8(11-19-16(17)31-21-11)12(24)18-9-13(25)22-10(15(26)27)7(4-28-6(2)23)5-30-14(9)22/h9,14H,3-5H2,1-2H3,(H,18,24)(H,26,27)(H2,17,19,21)/b20-8-/t9-,14+/m1/s1. The van der Waals surface area contributed by atoms with Gasteiger partial charge in [-0.3, -0.25) is 19.3 Å². The average molecular weight is 470 g/mol. The molecule has 1 aromatic heterocycles. The van der Waals surface area contributed by atoms with Crippen LogP contribution in [0.5, 0.6) is 0 Å². The number of esters is 1. The monoisotopic (exact) mass is 470 g/mol. The van der Waals surface area contributed by atoms with Crippen LogP contribution in [0.4, 0.5) is 5.13 Å². The Labute approximate surface area is 183 Å². The molecule has 13 nitrogen and oxygen atoms in total. The fourth-order valence-electron chi connectivity index (χ4n) is 2.84. The number of rotatable bonds is 8. The molecule has 2 amide bonds. The van der Waals surface area contributed by atoms with E-state index in [1.165, 1.54) is 18.7 Å². The maximum absolute atomic E-state index is 12.7. The Kier molecular flexibility index (Phi) is 6.74. The predicted molar refractivity (Wildman–Crippen MR) is 109 cm³/mol.